The topological polar surface area (TPSA) is 43.4 Å². The van der Waals surface area contributed by atoms with Gasteiger partial charge in [-0.1, -0.05) is 43.2 Å². The Bertz CT molecular complexity index is 835. The third-order valence-corrected chi connectivity index (χ3v) is 5.40. The number of ketones is 1. The molecular weight excluding hydrogens is 331 g/mol. The summed E-state index contributed by atoms with van der Waals surface area (Å²) in [5, 5.41) is 0. The number of halogens is 1. The van der Waals surface area contributed by atoms with Gasteiger partial charge in [0.05, 0.1) is 5.41 Å². The van der Waals surface area contributed by atoms with E-state index in [2.05, 4.69) is 0 Å². The van der Waals surface area contributed by atoms with Crippen molar-refractivity contribution in [2.45, 2.75) is 44.9 Å². The lowest BCUT2D eigenvalue weighted by atomic mass is 9.78. The van der Waals surface area contributed by atoms with Crippen LogP contribution in [0.4, 0.5) is 4.39 Å². The maximum atomic E-state index is 14.3. The molecule has 0 radical (unpaired) electrons. The molecular formula is C22H23FO3. The van der Waals surface area contributed by atoms with Crippen molar-refractivity contribution in [3.8, 4) is 0 Å². The minimum absolute atomic E-state index is 0.247. The molecule has 3 rings (SSSR count). The van der Waals surface area contributed by atoms with Crippen molar-refractivity contribution in [3.05, 3.63) is 70.5 Å². The van der Waals surface area contributed by atoms with Crippen molar-refractivity contribution in [2.75, 3.05) is 6.61 Å². The van der Waals surface area contributed by atoms with Crippen LogP contribution < -0.4 is 0 Å². The highest BCUT2D eigenvalue weighted by Gasteiger charge is 2.45. The number of benzene rings is 2. The third kappa shape index (κ3) is 3.41. The minimum Gasteiger partial charge on any atom is -0.457 e. The Hall–Kier alpha value is -2.49. The van der Waals surface area contributed by atoms with E-state index < -0.39 is 17.2 Å². The van der Waals surface area contributed by atoms with Crippen molar-refractivity contribution in [2.24, 2.45) is 0 Å². The molecule has 0 aromatic heterocycles. The van der Waals surface area contributed by atoms with Gasteiger partial charge in [-0.2, -0.15) is 0 Å². The lowest BCUT2D eigenvalue weighted by Crippen LogP contribution is -2.36. The zero-order valence-electron chi connectivity index (χ0n) is 15.2. The van der Waals surface area contributed by atoms with Crippen LogP contribution in [0.3, 0.4) is 0 Å². The molecule has 0 N–H and O–H groups in total. The molecule has 1 saturated carbocycles. The van der Waals surface area contributed by atoms with E-state index in [0.29, 0.717) is 24.0 Å². The van der Waals surface area contributed by atoms with Gasteiger partial charge in [0.25, 0.3) is 0 Å². The van der Waals surface area contributed by atoms with Crippen LogP contribution in [0.15, 0.2) is 42.5 Å². The summed E-state index contributed by atoms with van der Waals surface area (Å²) in [5.74, 6) is -1.15. The van der Waals surface area contributed by atoms with Crippen molar-refractivity contribution < 1.29 is 18.7 Å². The molecule has 2 aromatic rings. The standard InChI is InChI=1S/C22H23FO3/c1-15-9-10-17(13-16(15)2)20(24)14-26-21(25)22(11-5-6-12-22)18-7-3-4-8-19(18)23/h3-4,7-10,13H,5-6,11-12,14H2,1-2H3. The van der Waals surface area contributed by atoms with Gasteiger partial charge in [0.15, 0.2) is 12.4 Å². The highest BCUT2D eigenvalue weighted by atomic mass is 19.1. The molecule has 0 aliphatic heterocycles. The molecule has 0 unspecified atom stereocenters. The van der Waals surface area contributed by atoms with Crippen molar-refractivity contribution in [3.63, 3.8) is 0 Å². The SMILES string of the molecule is Cc1ccc(C(=O)COC(=O)C2(c3ccccc3F)CCCC2)cc1C. The number of Topliss-reactive ketones (excluding diaryl/α,β-unsaturated/α-hetero) is 1. The zero-order chi connectivity index (χ0) is 18.7. The fraction of sp³-hybridized carbons (Fsp3) is 0.364. The maximum absolute atomic E-state index is 14.3. The summed E-state index contributed by atoms with van der Waals surface area (Å²) in [7, 11) is 0. The number of ether oxygens (including phenoxy) is 1. The molecule has 4 heteroatoms. The third-order valence-electron chi connectivity index (χ3n) is 5.40. The first-order chi connectivity index (χ1) is 12.4. The average Bonchev–Trinajstić information content (AvgIpc) is 3.13. The maximum Gasteiger partial charge on any atom is 0.317 e. The van der Waals surface area contributed by atoms with Gasteiger partial charge in [-0.15, -0.1) is 0 Å². The predicted molar refractivity (Wildman–Crippen MR) is 97.8 cm³/mol. The summed E-state index contributed by atoms with van der Waals surface area (Å²) in [4.78, 5) is 25.2. The summed E-state index contributed by atoms with van der Waals surface area (Å²) in [6, 6.07) is 11.8. The Kier molecular flexibility index (Phi) is 5.21. The fourth-order valence-corrected chi connectivity index (χ4v) is 3.68. The monoisotopic (exact) mass is 354 g/mol. The van der Waals surface area contributed by atoms with Gasteiger partial charge < -0.3 is 4.74 Å². The Labute approximate surface area is 153 Å². The first-order valence-corrected chi connectivity index (χ1v) is 8.97. The van der Waals surface area contributed by atoms with Gasteiger partial charge in [0.1, 0.15) is 5.82 Å². The molecule has 0 saturated heterocycles. The van der Waals surface area contributed by atoms with Crippen LogP contribution in [0.5, 0.6) is 0 Å². The van der Waals surface area contributed by atoms with Gasteiger partial charge in [-0.3, -0.25) is 9.59 Å². The second-order valence-corrected chi connectivity index (χ2v) is 7.07. The number of hydrogen-bond acceptors (Lipinski definition) is 3. The molecule has 26 heavy (non-hydrogen) atoms. The van der Waals surface area contributed by atoms with Crippen molar-refractivity contribution in [1.82, 2.24) is 0 Å². The van der Waals surface area contributed by atoms with Gasteiger partial charge in [-0.05, 0) is 49.9 Å². The summed E-state index contributed by atoms with van der Waals surface area (Å²) >= 11 is 0. The van der Waals surface area contributed by atoms with Gasteiger partial charge in [0, 0.05) is 11.1 Å². The fourth-order valence-electron chi connectivity index (χ4n) is 3.68. The summed E-state index contributed by atoms with van der Waals surface area (Å²) in [6.45, 7) is 3.59. The molecule has 1 aliphatic rings. The van der Waals surface area contributed by atoms with Crippen LogP contribution in [0, 0.1) is 19.7 Å². The Morgan fingerprint density at radius 3 is 2.38 bits per heavy atom. The van der Waals surface area contributed by atoms with E-state index in [-0.39, 0.29) is 12.4 Å². The lowest BCUT2D eigenvalue weighted by molar-refractivity contribution is -0.149. The molecule has 3 nitrogen and oxygen atoms in total. The van der Waals surface area contributed by atoms with Crippen LogP contribution in [0.2, 0.25) is 0 Å². The van der Waals surface area contributed by atoms with Gasteiger partial charge in [0.2, 0.25) is 0 Å². The summed E-state index contributed by atoms with van der Waals surface area (Å²) in [5.41, 5.74) is 2.03. The second-order valence-electron chi connectivity index (χ2n) is 7.07. The average molecular weight is 354 g/mol. The number of hydrogen-bond donors (Lipinski definition) is 0. The normalized spacial score (nSPS) is 15.7. The first-order valence-electron chi connectivity index (χ1n) is 8.97. The zero-order valence-corrected chi connectivity index (χ0v) is 15.2. The molecule has 2 aromatic carbocycles. The van der Waals surface area contributed by atoms with Crippen molar-refractivity contribution >= 4 is 11.8 Å². The minimum atomic E-state index is -0.977. The lowest BCUT2D eigenvalue weighted by Gasteiger charge is -2.27. The van der Waals surface area contributed by atoms with Gasteiger partial charge in [-0.25, -0.2) is 4.39 Å². The predicted octanol–water partition coefficient (Wildman–Crippen LogP) is 4.68. The summed E-state index contributed by atoms with van der Waals surface area (Å²) in [6.07, 6.45) is 2.78. The number of rotatable bonds is 5. The van der Waals surface area contributed by atoms with E-state index in [4.69, 9.17) is 4.74 Å². The summed E-state index contributed by atoms with van der Waals surface area (Å²) < 4.78 is 19.7. The van der Waals surface area contributed by atoms with Crippen LogP contribution in [0.25, 0.3) is 0 Å². The van der Waals surface area contributed by atoms with E-state index in [0.717, 1.165) is 24.0 Å². The largest absolute Gasteiger partial charge is 0.457 e. The van der Waals surface area contributed by atoms with E-state index >= 15 is 0 Å². The van der Waals surface area contributed by atoms with Crippen LogP contribution in [0.1, 0.15) is 52.7 Å². The Morgan fingerprint density at radius 2 is 1.73 bits per heavy atom. The second kappa shape index (κ2) is 7.40. The molecule has 0 spiro atoms. The Balaban J connectivity index is 1.76. The molecule has 0 amide bonds. The molecule has 1 aliphatic carbocycles. The van der Waals surface area contributed by atoms with E-state index in [9.17, 15) is 14.0 Å². The molecule has 0 bridgehead atoms. The number of carbonyl (C=O) groups is 2. The molecule has 0 atom stereocenters. The quantitative estimate of drug-likeness (QED) is 0.578. The van der Waals surface area contributed by atoms with Crippen LogP contribution in [-0.2, 0) is 14.9 Å². The smallest absolute Gasteiger partial charge is 0.317 e. The van der Waals surface area contributed by atoms with Crippen molar-refractivity contribution in [1.29, 1.82) is 0 Å². The molecule has 1 fully saturated rings. The molecule has 0 heterocycles. The van der Waals surface area contributed by atoms with E-state index in [1.807, 2.05) is 19.9 Å². The van der Waals surface area contributed by atoms with Crippen LogP contribution in [-0.4, -0.2) is 18.4 Å². The van der Waals surface area contributed by atoms with E-state index in [1.54, 1.807) is 30.3 Å². The molecule has 136 valence electrons. The number of esters is 1. The van der Waals surface area contributed by atoms with E-state index in [1.165, 1.54) is 6.07 Å². The van der Waals surface area contributed by atoms with Gasteiger partial charge >= 0.3 is 5.97 Å². The first kappa shape index (κ1) is 18.3. The number of aryl methyl sites for hydroxylation is 2. The highest BCUT2D eigenvalue weighted by molar-refractivity contribution is 5.98. The highest BCUT2D eigenvalue weighted by Crippen LogP contribution is 2.43. The number of carbonyl (C=O) groups excluding carboxylic acids is 2. The van der Waals surface area contributed by atoms with Crippen LogP contribution >= 0.6 is 0 Å². The Morgan fingerprint density at radius 1 is 1.04 bits per heavy atom.